The molecule has 1 heterocycles. The molecule has 0 saturated carbocycles. The van der Waals surface area contributed by atoms with Crippen molar-refractivity contribution < 1.29 is 4.79 Å². The first kappa shape index (κ1) is 12.0. The number of hydrogen-bond donors (Lipinski definition) is 1. The zero-order chi connectivity index (χ0) is 12.4. The molecule has 1 aromatic carbocycles. The lowest BCUT2D eigenvalue weighted by Crippen LogP contribution is -2.31. The number of hydrogen-bond acceptors (Lipinski definition) is 2. The van der Waals surface area contributed by atoms with Gasteiger partial charge >= 0.3 is 0 Å². The predicted molar refractivity (Wildman–Crippen MR) is 70.6 cm³/mol. The van der Waals surface area contributed by atoms with Gasteiger partial charge in [-0.2, -0.15) is 0 Å². The van der Waals surface area contributed by atoms with E-state index >= 15 is 0 Å². The minimum atomic E-state index is 0.0242. The zero-order valence-corrected chi connectivity index (χ0v) is 10.8. The predicted octanol–water partition coefficient (Wildman–Crippen LogP) is 2.06. The average Bonchev–Trinajstić information content (AvgIpc) is 2.28. The summed E-state index contributed by atoms with van der Waals surface area (Å²) in [5.41, 5.74) is 3.32. The maximum atomic E-state index is 11.8. The Morgan fingerprint density at radius 2 is 2.29 bits per heavy atom. The number of anilines is 1. The van der Waals surface area contributed by atoms with Crippen LogP contribution < -0.4 is 10.2 Å². The fourth-order valence-electron chi connectivity index (χ4n) is 2.53. The van der Waals surface area contributed by atoms with Crippen molar-refractivity contribution >= 4 is 11.6 Å². The maximum absolute atomic E-state index is 11.8. The van der Waals surface area contributed by atoms with E-state index in [0.29, 0.717) is 12.5 Å². The molecule has 17 heavy (non-hydrogen) atoms. The van der Waals surface area contributed by atoms with Crippen LogP contribution in [0.3, 0.4) is 0 Å². The summed E-state index contributed by atoms with van der Waals surface area (Å²) in [5.74, 6) is 0.674. The van der Waals surface area contributed by atoms with Gasteiger partial charge in [-0.05, 0) is 43.0 Å². The van der Waals surface area contributed by atoms with E-state index in [0.717, 1.165) is 18.5 Å². The van der Waals surface area contributed by atoms with Gasteiger partial charge < -0.3 is 10.2 Å². The number of carbonyl (C=O) groups is 1. The molecule has 0 aromatic heterocycles. The van der Waals surface area contributed by atoms with Crippen molar-refractivity contribution in [2.45, 2.75) is 20.3 Å². The van der Waals surface area contributed by atoms with Crippen LogP contribution >= 0.6 is 0 Å². The first-order valence-electron chi connectivity index (χ1n) is 6.24. The second kappa shape index (κ2) is 4.78. The molecule has 0 radical (unpaired) electrons. The van der Waals surface area contributed by atoms with Crippen LogP contribution in [0.2, 0.25) is 0 Å². The molecular formula is C14H20N2O. The molecule has 3 nitrogen and oxygen atoms in total. The third-order valence-corrected chi connectivity index (χ3v) is 3.24. The molecule has 1 aliphatic rings. The van der Waals surface area contributed by atoms with Gasteiger partial charge in [0.15, 0.2) is 0 Å². The summed E-state index contributed by atoms with van der Waals surface area (Å²) in [6.45, 7) is 5.95. The molecule has 2 rings (SSSR count). The zero-order valence-electron chi connectivity index (χ0n) is 10.8. The van der Waals surface area contributed by atoms with Gasteiger partial charge in [0, 0.05) is 31.4 Å². The molecule has 0 spiro atoms. The summed E-state index contributed by atoms with van der Waals surface area (Å²) in [4.78, 5) is 14.0. The minimum absolute atomic E-state index is 0.0242. The molecule has 1 aromatic rings. The normalized spacial score (nSPS) is 18.8. The molecule has 1 atom stereocenters. The third kappa shape index (κ3) is 2.43. The molecule has 0 saturated heterocycles. The Morgan fingerprint density at radius 3 is 3.00 bits per heavy atom. The monoisotopic (exact) mass is 232 g/mol. The quantitative estimate of drug-likeness (QED) is 0.846. The summed E-state index contributed by atoms with van der Waals surface area (Å²) in [6.07, 6.45) is 1.06. The number of carbonyl (C=O) groups excluding carboxylic acids is 1. The summed E-state index contributed by atoms with van der Waals surface area (Å²) in [5, 5.41) is 2.84. The molecule has 0 fully saturated rings. The standard InChI is InChI=1S/C14H20N2O/c1-4-15-14(17)11-5-6-13-12(8-11)7-10(2)9-16(13)3/h5-6,8,10H,4,7,9H2,1-3H3,(H,15,17)/t10-/m1/s1. The van der Waals surface area contributed by atoms with Crippen molar-refractivity contribution in [2.24, 2.45) is 5.92 Å². The fourth-order valence-corrected chi connectivity index (χ4v) is 2.53. The Balaban J connectivity index is 2.30. The molecule has 0 bridgehead atoms. The largest absolute Gasteiger partial charge is 0.374 e. The Labute approximate surface area is 103 Å². The van der Waals surface area contributed by atoms with E-state index in [-0.39, 0.29) is 5.91 Å². The van der Waals surface area contributed by atoms with Crippen molar-refractivity contribution in [3.8, 4) is 0 Å². The van der Waals surface area contributed by atoms with Crippen LogP contribution in [-0.2, 0) is 6.42 Å². The Bertz CT molecular complexity index is 428. The highest BCUT2D eigenvalue weighted by atomic mass is 16.1. The highest BCUT2D eigenvalue weighted by Gasteiger charge is 2.20. The molecule has 0 unspecified atom stereocenters. The second-order valence-electron chi connectivity index (χ2n) is 4.89. The SMILES string of the molecule is CCNC(=O)c1ccc2c(c1)C[C@@H](C)CN2C. The van der Waals surface area contributed by atoms with E-state index in [1.165, 1.54) is 11.3 Å². The van der Waals surface area contributed by atoms with Gasteiger partial charge in [-0.1, -0.05) is 6.92 Å². The summed E-state index contributed by atoms with van der Waals surface area (Å²) >= 11 is 0. The van der Waals surface area contributed by atoms with Crippen molar-refractivity contribution in [2.75, 3.05) is 25.0 Å². The van der Waals surface area contributed by atoms with Crippen molar-refractivity contribution in [3.05, 3.63) is 29.3 Å². The summed E-state index contributed by atoms with van der Waals surface area (Å²) in [7, 11) is 2.11. The number of rotatable bonds is 2. The van der Waals surface area contributed by atoms with E-state index in [4.69, 9.17) is 0 Å². The lowest BCUT2D eigenvalue weighted by atomic mass is 9.93. The molecule has 0 aliphatic carbocycles. The maximum Gasteiger partial charge on any atom is 0.251 e. The van der Waals surface area contributed by atoms with Crippen LogP contribution in [0, 0.1) is 5.92 Å². The topological polar surface area (TPSA) is 32.3 Å². The minimum Gasteiger partial charge on any atom is -0.374 e. The van der Waals surface area contributed by atoms with Crippen molar-refractivity contribution in [3.63, 3.8) is 0 Å². The summed E-state index contributed by atoms with van der Waals surface area (Å²) in [6, 6.07) is 6.01. The van der Waals surface area contributed by atoms with Crippen molar-refractivity contribution in [1.82, 2.24) is 5.32 Å². The van der Waals surface area contributed by atoms with Crippen molar-refractivity contribution in [1.29, 1.82) is 0 Å². The first-order valence-corrected chi connectivity index (χ1v) is 6.24. The first-order chi connectivity index (χ1) is 8.11. The van der Waals surface area contributed by atoms with Crippen LogP contribution in [0.4, 0.5) is 5.69 Å². The van der Waals surface area contributed by atoms with Gasteiger partial charge in [0.05, 0.1) is 0 Å². The Hall–Kier alpha value is -1.51. The van der Waals surface area contributed by atoms with E-state index in [1.54, 1.807) is 0 Å². The number of nitrogens with one attached hydrogen (secondary N) is 1. The second-order valence-corrected chi connectivity index (χ2v) is 4.89. The van der Waals surface area contributed by atoms with Gasteiger partial charge in [0.25, 0.3) is 5.91 Å². The molecule has 1 N–H and O–H groups in total. The van der Waals surface area contributed by atoms with Gasteiger partial charge in [-0.3, -0.25) is 4.79 Å². The van der Waals surface area contributed by atoms with E-state index in [2.05, 4.69) is 30.3 Å². The molecule has 3 heteroatoms. The van der Waals surface area contributed by atoms with Crippen LogP contribution in [0.25, 0.3) is 0 Å². The number of fused-ring (bicyclic) bond motifs is 1. The number of nitrogens with zero attached hydrogens (tertiary/aromatic N) is 1. The third-order valence-electron chi connectivity index (χ3n) is 3.24. The fraction of sp³-hybridized carbons (Fsp3) is 0.500. The van der Waals surface area contributed by atoms with Crippen LogP contribution in [-0.4, -0.2) is 26.0 Å². The Kier molecular flexibility index (Phi) is 3.36. The van der Waals surface area contributed by atoms with Crippen LogP contribution in [0.1, 0.15) is 29.8 Å². The van der Waals surface area contributed by atoms with Crippen LogP contribution in [0.5, 0.6) is 0 Å². The average molecular weight is 232 g/mol. The molecular weight excluding hydrogens is 212 g/mol. The highest BCUT2D eigenvalue weighted by Crippen LogP contribution is 2.29. The van der Waals surface area contributed by atoms with Gasteiger partial charge in [-0.25, -0.2) is 0 Å². The lowest BCUT2D eigenvalue weighted by Gasteiger charge is -2.32. The van der Waals surface area contributed by atoms with Gasteiger partial charge in [0.2, 0.25) is 0 Å². The number of amides is 1. The highest BCUT2D eigenvalue weighted by molar-refractivity contribution is 5.94. The van der Waals surface area contributed by atoms with E-state index in [1.807, 2.05) is 19.1 Å². The van der Waals surface area contributed by atoms with E-state index < -0.39 is 0 Å². The molecule has 1 amide bonds. The lowest BCUT2D eigenvalue weighted by molar-refractivity contribution is 0.0955. The molecule has 92 valence electrons. The smallest absolute Gasteiger partial charge is 0.251 e. The summed E-state index contributed by atoms with van der Waals surface area (Å²) < 4.78 is 0. The molecule has 1 aliphatic heterocycles. The Morgan fingerprint density at radius 1 is 1.53 bits per heavy atom. The van der Waals surface area contributed by atoms with Gasteiger partial charge in [-0.15, -0.1) is 0 Å². The van der Waals surface area contributed by atoms with Gasteiger partial charge in [0.1, 0.15) is 0 Å². The van der Waals surface area contributed by atoms with E-state index in [9.17, 15) is 4.79 Å². The number of benzene rings is 1. The van der Waals surface area contributed by atoms with Crippen LogP contribution in [0.15, 0.2) is 18.2 Å².